The number of benzene rings is 1. The quantitative estimate of drug-likeness (QED) is 0.865. The number of ether oxygens (including phenoxy) is 1. The molecule has 1 heterocycles. The van der Waals surface area contributed by atoms with Crippen LogP contribution < -0.4 is 15.0 Å². The van der Waals surface area contributed by atoms with E-state index in [-0.39, 0.29) is 23.4 Å². The van der Waals surface area contributed by atoms with E-state index >= 15 is 0 Å². The molecule has 8 heteroatoms. The first kappa shape index (κ1) is 19.6. The molecule has 0 fully saturated rings. The van der Waals surface area contributed by atoms with E-state index in [1.807, 2.05) is 13.8 Å². The van der Waals surface area contributed by atoms with Crippen molar-refractivity contribution in [3.05, 3.63) is 47.7 Å². The summed E-state index contributed by atoms with van der Waals surface area (Å²) < 4.78 is 44.0. The van der Waals surface area contributed by atoms with Crippen LogP contribution in [0, 0.1) is 0 Å². The number of pyridine rings is 1. The van der Waals surface area contributed by atoms with Crippen molar-refractivity contribution in [3.8, 4) is 11.6 Å². The van der Waals surface area contributed by atoms with Crippen molar-refractivity contribution in [2.75, 3.05) is 19.0 Å². The normalized spacial score (nSPS) is 11.4. The highest BCUT2D eigenvalue weighted by molar-refractivity contribution is 5.93. The molecule has 0 unspecified atom stereocenters. The van der Waals surface area contributed by atoms with Crippen molar-refractivity contribution in [3.63, 3.8) is 0 Å². The van der Waals surface area contributed by atoms with Crippen molar-refractivity contribution in [2.24, 2.45) is 0 Å². The van der Waals surface area contributed by atoms with Gasteiger partial charge in [-0.2, -0.15) is 13.2 Å². The first-order chi connectivity index (χ1) is 12.1. The average molecular weight is 367 g/mol. The van der Waals surface area contributed by atoms with Crippen LogP contribution in [-0.2, 0) is 6.18 Å². The van der Waals surface area contributed by atoms with Gasteiger partial charge in [-0.15, -0.1) is 0 Å². The van der Waals surface area contributed by atoms with Crippen LogP contribution in [-0.4, -0.2) is 31.0 Å². The molecule has 0 bridgehead atoms. The Morgan fingerprint density at radius 3 is 2.46 bits per heavy atom. The maximum absolute atomic E-state index is 12.8. The molecule has 2 rings (SSSR count). The maximum atomic E-state index is 12.8. The molecule has 26 heavy (non-hydrogen) atoms. The highest BCUT2D eigenvalue weighted by Gasteiger charge is 2.30. The Hall–Kier alpha value is -2.77. The molecule has 1 aromatic carbocycles. The Kier molecular flexibility index (Phi) is 5.74. The molecule has 0 saturated carbocycles. The molecule has 0 aliphatic carbocycles. The fourth-order valence-electron chi connectivity index (χ4n) is 2.11. The van der Waals surface area contributed by atoms with Crippen LogP contribution in [0.1, 0.15) is 29.9 Å². The Balaban J connectivity index is 2.37. The molecular weight excluding hydrogens is 347 g/mol. The molecule has 0 radical (unpaired) electrons. The zero-order valence-corrected chi connectivity index (χ0v) is 14.9. The van der Waals surface area contributed by atoms with E-state index in [1.165, 1.54) is 12.1 Å². The van der Waals surface area contributed by atoms with Gasteiger partial charge in [0.15, 0.2) is 0 Å². The predicted molar refractivity (Wildman–Crippen MR) is 92.7 cm³/mol. The minimum Gasteiger partial charge on any atom is -0.439 e. The number of hydrogen-bond acceptors (Lipinski definition) is 4. The SMILES string of the molecule is CC(C)NC(=O)c1cc(N(C)C)cc(Oc2cccc(C(F)(F)F)c2)n1. The first-order valence-corrected chi connectivity index (χ1v) is 7.91. The topological polar surface area (TPSA) is 54.5 Å². The van der Waals surface area contributed by atoms with E-state index in [4.69, 9.17) is 4.74 Å². The van der Waals surface area contributed by atoms with Gasteiger partial charge in [0, 0.05) is 31.9 Å². The summed E-state index contributed by atoms with van der Waals surface area (Å²) in [5, 5.41) is 2.72. The molecule has 1 amide bonds. The van der Waals surface area contributed by atoms with E-state index in [1.54, 1.807) is 31.1 Å². The van der Waals surface area contributed by atoms with Gasteiger partial charge in [-0.3, -0.25) is 4.79 Å². The Bertz CT molecular complexity index is 789. The summed E-state index contributed by atoms with van der Waals surface area (Å²) in [7, 11) is 3.54. The van der Waals surface area contributed by atoms with Crippen molar-refractivity contribution in [2.45, 2.75) is 26.1 Å². The maximum Gasteiger partial charge on any atom is 0.416 e. The largest absolute Gasteiger partial charge is 0.439 e. The fraction of sp³-hybridized carbons (Fsp3) is 0.333. The number of carbonyl (C=O) groups is 1. The van der Waals surface area contributed by atoms with Crippen LogP contribution in [0.25, 0.3) is 0 Å². The van der Waals surface area contributed by atoms with E-state index in [0.717, 1.165) is 12.1 Å². The van der Waals surface area contributed by atoms with Crippen molar-refractivity contribution < 1.29 is 22.7 Å². The van der Waals surface area contributed by atoms with Gasteiger partial charge in [-0.1, -0.05) is 6.07 Å². The van der Waals surface area contributed by atoms with Crippen molar-refractivity contribution in [1.29, 1.82) is 0 Å². The molecule has 0 aliphatic rings. The fourth-order valence-corrected chi connectivity index (χ4v) is 2.11. The Morgan fingerprint density at radius 1 is 1.19 bits per heavy atom. The lowest BCUT2D eigenvalue weighted by molar-refractivity contribution is -0.137. The van der Waals surface area contributed by atoms with Gasteiger partial charge in [0.25, 0.3) is 5.91 Å². The van der Waals surface area contributed by atoms with Crippen LogP contribution in [0.2, 0.25) is 0 Å². The lowest BCUT2D eigenvalue weighted by Crippen LogP contribution is -2.31. The second-order valence-corrected chi connectivity index (χ2v) is 6.20. The van der Waals surface area contributed by atoms with E-state index in [9.17, 15) is 18.0 Å². The van der Waals surface area contributed by atoms with E-state index < -0.39 is 17.6 Å². The number of hydrogen-bond donors (Lipinski definition) is 1. The lowest BCUT2D eigenvalue weighted by atomic mass is 10.2. The van der Waals surface area contributed by atoms with Gasteiger partial charge in [0.2, 0.25) is 5.88 Å². The number of rotatable bonds is 5. The van der Waals surface area contributed by atoms with Crippen LogP contribution in [0.3, 0.4) is 0 Å². The minimum atomic E-state index is -4.47. The molecule has 5 nitrogen and oxygen atoms in total. The zero-order valence-electron chi connectivity index (χ0n) is 14.9. The smallest absolute Gasteiger partial charge is 0.416 e. The minimum absolute atomic E-state index is 0.0153. The molecular formula is C18H20F3N3O2. The molecule has 1 N–H and O–H groups in total. The Labute approximate surface area is 149 Å². The standard InChI is InChI=1S/C18H20F3N3O2/c1-11(2)22-17(25)15-9-13(24(3)4)10-16(23-15)26-14-7-5-6-12(8-14)18(19,20)21/h5-11H,1-4H3,(H,22,25). The third-order valence-corrected chi connectivity index (χ3v) is 3.34. The van der Waals surface area contributed by atoms with Gasteiger partial charge in [0.1, 0.15) is 11.4 Å². The number of anilines is 1. The number of aromatic nitrogens is 1. The number of carbonyl (C=O) groups excluding carboxylic acids is 1. The molecule has 0 aliphatic heterocycles. The summed E-state index contributed by atoms with van der Waals surface area (Å²) in [6.45, 7) is 3.63. The summed E-state index contributed by atoms with van der Waals surface area (Å²) in [5.41, 5.74) is -0.0701. The third kappa shape index (κ3) is 5.11. The van der Waals surface area contributed by atoms with Crippen molar-refractivity contribution in [1.82, 2.24) is 10.3 Å². The van der Waals surface area contributed by atoms with Gasteiger partial charge in [0.05, 0.1) is 5.56 Å². The summed E-state index contributed by atoms with van der Waals surface area (Å²) in [5.74, 6) is -0.375. The monoisotopic (exact) mass is 367 g/mol. The highest BCUT2D eigenvalue weighted by atomic mass is 19.4. The summed E-state index contributed by atoms with van der Waals surface area (Å²) in [4.78, 5) is 18.1. The summed E-state index contributed by atoms with van der Waals surface area (Å²) >= 11 is 0. The van der Waals surface area contributed by atoms with Crippen LogP contribution in [0.4, 0.5) is 18.9 Å². The Morgan fingerprint density at radius 2 is 1.88 bits per heavy atom. The first-order valence-electron chi connectivity index (χ1n) is 7.91. The van der Waals surface area contributed by atoms with Gasteiger partial charge < -0.3 is 15.0 Å². The van der Waals surface area contributed by atoms with E-state index in [0.29, 0.717) is 5.69 Å². The number of nitrogens with zero attached hydrogens (tertiary/aromatic N) is 2. The molecule has 0 saturated heterocycles. The number of halogens is 3. The molecule has 2 aromatic rings. The summed E-state index contributed by atoms with van der Waals surface area (Å²) in [6, 6.07) is 7.53. The van der Waals surface area contributed by atoms with Gasteiger partial charge in [-0.25, -0.2) is 4.98 Å². The molecule has 1 aromatic heterocycles. The van der Waals surface area contributed by atoms with Crippen molar-refractivity contribution >= 4 is 11.6 Å². The van der Waals surface area contributed by atoms with Crippen LogP contribution in [0.15, 0.2) is 36.4 Å². The highest BCUT2D eigenvalue weighted by Crippen LogP contribution is 2.33. The number of amides is 1. The number of nitrogens with one attached hydrogen (secondary N) is 1. The summed E-state index contributed by atoms with van der Waals surface area (Å²) in [6.07, 6.45) is -4.47. The average Bonchev–Trinajstić information content (AvgIpc) is 2.53. The second kappa shape index (κ2) is 7.63. The predicted octanol–water partition coefficient (Wildman–Crippen LogP) is 4.10. The second-order valence-electron chi connectivity index (χ2n) is 6.20. The van der Waals surface area contributed by atoms with Crippen LogP contribution >= 0.6 is 0 Å². The van der Waals surface area contributed by atoms with Gasteiger partial charge >= 0.3 is 6.18 Å². The van der Waals surface area contributed by atoms with Crippen LogP contribution in [0.5, 0.6) is 11.6 Å². The molecule has 140 valence electrons. The molecule has 0 atom stereocenters. The number of alkyl halides is 3. The molecule has 0 spiro atoms. The lowest BCUT2D eigenvalue weighted by Gasteiger charge is -2.16. The van der Waals surface area contributed by atoms with Gasteiger partial charge in [-0.05, 0) is 38.1 Å². The zero-order chi connectivity index (χ0) is 19.5. The van der Waals surface area contributed by atoms with E-state index in [2.05, 4.69) is 10.3 Å². The third-order valence-electron chi connectivity index (χ3n) is 3.34.